The fraction of sp³-hybridized carbons (Fsp3) is 0.407. The Morgan fingerprint density at radius 2 is 1.92 bits per heavy atom. The van der Waals surface area contributed by atoms with Gasteiger partial charge in [-0.1, -0.05) is 24.0 Å². The Morgan fingerprint density at radius 1 is 1.19 bits per heavy atom. The second-order valence-corrected chi connectivity index (χ2v) is 10.9. The number of rotatable bonds is 5. The molecule has 3 heterocycles. The van der Waals surface area contributed by atoms with E-state index in [1.165, 1.54) is 4.88 Å². The lowest BCUT2D eigenvalue weighted by Gasteiger charge is -2.21. The molecule has 0 saturated carbocycles. The Morgan fingerprint density at radius 3 is 2.58 bits per heavy atom. The number of benzene rings is 1. The normalized spacial score (nSPS) is 14.8. The second-order valence-electron chi connectivity index (χ2n) is 9.73. The molecule has 1 atom stereocenters. The average molecular weight is 506 g/mol. The van der Waals surface area contributed by atoms with Crippen LogP contribution < -0.4 is 5.48 Å². The molecule has 0 unspecified atom stereocenters. The van der Waals surface area contributed by atoms with Crippen molar-refractivity contribution in [1.82, 2.24) is 20.2 Å². The van der Waals surface area contributed by atoms with E-state index in [0.29, 0.717) is 18.8 Å². The van der Waals surface area contributed by atoms with Gasteiger partial charge in [-0.3, -0.25) is 14.4 Å². The van der Waals surface area contributed by atoms with E-state index in [1.807, 2.05) is 56.5 Å². The number of aryl methyl sites for hydroxylation is 2. The standard InChI is InChI=1S/C27H31N5O3S/c1-16-17(2)36-26-23(16)24(20-12-10-19(11-13-20)9-7-8-14-28-34)29-21(15-22(33)35-27(4,5)6)25-31-30-18(3)32(25)26/h10-13,21,28,34H,8,14-15H2,1-6H3/t21-/m0/s1. The van der Waals surface area contributed by atoms with E-state index in [-0.39, 0.29) is 12.4 Å². The van der Waals surface area contributed by atoms with Crippen LogP contribution in [-0.2, 0) is 9.53 Å². The van der Waals surface area contributed by atoms with Gasteiger partial charge in [-0.05, 0) is 59.2 Å². The van der Waals surface area contributed by atoms with E-state index in [0.717, 1.165) is 38.8 Å². The molecule has 0 fully saturated rings. The number of aliphatic imine (C=N–C) groups is 1. The van der Waals surface area contributed by atoms with Gasteiger partial charge >= 0.3 is 5.97 Å². The SMILES string of the molecule is Cc1sc2c(c1C)C(c1ccc(C#CCCNO)cc1)=N[C@@H](CC(=O)OC(C)(C)C)c1nnc(C)n1-2. The average Bonchev–Trinajstić information content (AvgIpc) is 3.28. The van der Waals surface area contributed by atoms with Crippen molar-refractivity contribution in [1.29, 1.82) is 0 Å². The van der Waals surface area contributed by atoms with Crippen molar-refractivity contribution in [2.45, 2.75) is 66.0 Å². The van der Waals surface area contributed by atoms with Crippen molar-refractivity contribution >= 4 is 23.0 Å². The highest BCUT2D eigenvalue weighted by Gasteiger charge is 2.33. The lowest BCUT2D eigenvalue weighted by atomic mass is 9.98. The van der Waals surface area contributed by atoms with E-state index >= 15 is 0 Å². The fourth-order valence-electron chi connectivity index (χ4n) is 4.06. The first-order chi connectivity index (χ1) is 17.1. The Labute approximate surface area is 215 Å². The summed E-state index contributed by atoms with van der Waals surface area (Å²) in [6, 6.07) is 7.40. The largest absolute Gasteiger partial charge is 0.460 e. The van der Waals surface area contributed by atoms with Gasteiger partial charge in [0, 0.05) is 34.5 Å². The van der Waals surface area contributed by atoms with Gasteiger partial charge in [-0.2, -0.15) is 0 Å². The van der Waals surface area contributed by atoms with Crippen molar-refractivity contribution in [3.8, 4) is 16.8 Å². The fourth-order valence-corrected chi connectivity index (χ4v) is 5.27. The quantitative estimate of drug-likeness (QED) is 0.227. The zero-order valence-corrected chi connectivity index (χ0v) is 22.3. The van der Waals surface area contributed by atoms with E-state index in [2.05, 4.69) is 41.4 Å². The summed E-state index contributed by atoms with van der Waals surface area (Å²) in [5, 5.41) is 18.5. The first kappa shape index (κ1) is 25.8. The van der Waals surface area contributed by atoms with Crippen molar-refractivity contribution < 1.29 is 14.7 Å². The number of fused-ring (bicyclic) bond motifs is 3. The minimum absolute atomic E-state index is 0.0638. The third-order valence-electron chi connectivity index (χ3n) is 5.77. The summed E-state index contributed by atoms with van der Waals surface area (Å²) < 4.78 is 7.65. The molecule has 0 amide bonds. The number of hydrogen-bond acceptors (Lipinski definition) is 8. The molecule has 2 aromatic heterocycles. The number of carbonyl (C=O) groups is 1. The van der Waals surface area contributed by atoms with Crippen LogP contribution in [0.3, 0.4) is 0 Å². The summed E-state index contributed by atoms with van der Waals surface area (Å²) in [6.07, 6.45) is 0.612. The van der Waals surface area contributed by atoms with E-state index in [1.54, 1.807) is 11.3 Å². The number of hydroxylamine groups is 1. The molecule has 0 spiro atoms. The number of ether oxygens (including phenoxy) is 1. The van der Waals surface area contributed by atoms with Crippen LogP contribution in [0, 0.1) is 32.6 Å². The van der Waals surface area contributed by atoms with Crippen molar-refractivity contribution in [3.63, 3.8) is 0 Å². The second kappa shape index (κ2) is 10.3. The molecule has 188 valence electrons. The molecule has 36 heavy (non-hydrogen) atoms. The zero-order chi connectivity index (χ0) is 26.0. The third-order valence-corrected chi connectivity index (χ3v) is 6.96. The number of carbonyl (C=O) groups excluding carboxylic acids is 1. The van der Waals surface area contributed by atoms with Crippen LogP contribution >= 0.6 is 11.3 Å². The monoisotopic (exact) mass is 505 g/mol. The molecule has 1 aliphatic rings. The summed E-state index contributed by atoms with van der Waals surface area (Å²) in [6.45, 7) is 12.1. The maximum atomic E-state index is 12.8. The molecule has 1 aliphatic heterocycles. The molecular weight excluding hydrogens is 474 g/mol. The third kappa shape index (κ3) is 5.41. The Kier molecular flexibility index (Phi) is 7.41. The molecule has 0 bridgehead atoms. The molecule has 1 aromatic carbocycles. The summed E-state index contributed by atoms with van der Waals surface area (Å²) in [7, 11) is 0. The number of aromatic nitrogens is 3. The molecular formula is C27H31N5O3S. The maximum Gasteiger partial charge on any atom is 0.308 e. The smallest absolute Gasteiger partial charge is 0.308 e. The lowest BCUT2D eigenvalue weighted by molar-refractivity contribution is -0.155. The van der Waals surface area contributed by atoms with Crippen molar-refractivity contribution in [2.75, 3.05) is 6.54 Å². The lowest BCUT2D eigenvalue weighted by Crippen LogP contribution is -2.25. The molecule has 2 N–H and O–H groups in total. The first-order valence-corrected chi connectivity index (χ1v) is 12.7. The van der Waals surface area contributed by atoms with Crippen LogP contribution in [0.2, 0.25) is 0 Å². The molecule has 3 aromatic rings. The Hall–Kier alpha value is -3.32. The molecule has 9 heteroatoms. The molecule has 0 aliphatic carbocycles. The Balaban J connectivity index is 1.81. The Bertz CT molecular complexity index is 1370. The van der Waals surface area contributed by atoms with Crippen molar-refractivity contribution in [2.24, 2.45) is 4.99 Å². The van der Waals surface area contributed by atoms with Gasteiger partial charge in [0.05, 0.1) is 12.1 Å². The van der Waals surface area contributed by atoms with Crippen LogP contribution in [0.15, 0.2) is 29.3 Å². The van der Waals surface area contributed by atoms with Crippen LogP contribution in [0.5, 0.6) is 0 Å². The highest BCUT2D eigenvalue weighted by Crippen LogP contribution is 2.39. The van der Waals surface area contributed by atoms with Crippen LogP contribution in [-0.4, -0.2) is 43.8 Å². The first-order valence-electron chi connectivity index (χ1n) is 11.9. The van der Waals surface area contributed by atoms with E-state index < -0.39 is 11.6 Å². The molecule has 4 rings (SSSR count). The summed E-state index contributed by atoms with van der Waals surface area (Å²) >= 11 is 1.68. The van der Waals surface area contributed by atoms with E-state index in [4.69, 9.17) is 14.9 Å². The number of hydrogen-bond donors (Lipinski definition) is 2. The highest BCUT2D eigenvalue weighted by atomic mass is 32.1. The zero-order valence-electron chi connectivity index (χ0n) is 21.5. The van der Waals surface area contributed by atoms with Gasteiger partial charge in [-0.15, -0.1) is 21.5 Å². The maximum absolute atomic E-state index is 12.8. The van der Waals surface area contributed by atoms with Crippen LogP contribution in [0.1, 0.15) is 78.4 Å². The number of esters is 1. The molecule has 0 saturated heterocycles. The summed E-state index contributed by atoms with van der Waals surface area (Å²) in [4.78, 5) is 19.2. The van der Waals surface area contributed by atoms with Gasteiger partial charge in [-0.25, -0.2) is 5.48 Å². The predicted molar refractivity (Wildman–Crippen MR) is 140 cm³/mol. The van der Waals surface area contributed by atoms with Gasteiger partial charge in [0.2, 0.25) is 0 Å². The minimum Gasteiger partial charge on any atom is -0.460 e. The van der Waals surface area contributed by atoms with Crippen molar-refractivity contribution in [3.05, 3.63) is 63.0 Å². The molecule has 0 radical (unpaired) electrons. The van der Waals surface area contributed by atoms with Crippen LogP contribution in [0.4, 0.5) is 0 Å². The number of nitrogens with zero attached hydrogens (tertiary/aromatic N) is 4. The van der Waals surface area contributed by atoms with Gasteiger partial charge < -0.3 is 9.94 Å². The number of nitrogens with one attached hydrogen (secondary N) is 1. The van der Waals surface area contributed by atoms with Gasteiger partial charge in [0.15, 0.2) is 5.82 Å². The topological polar surface area (TPSA) is 102 Å². The van der Waals surface area contributed by atoms with Gasteiger partial charge in [0.1, 0.15) is 22.5 Å². The highest BCUT2D eigenvalue weighted by molar-refractivity contribution is 7.15. The molecule has 8 nitrogen and oxygen atoms in total. The van der Waals surface area contributed by atoms with E-state index in [9.17, 15) is 4.79 Å². The predicted octanol–water partition coefficient (Wildman–Crippen LogP) is 4.60. The number of thiophene rings is 1. The van der Waals surface area contributed by atoms with Gasteiger partial charge in [0.25, 0.3) is 0 Å². The summed E-state index contributed by atoms with van der Waals surface area (Å²) in [5.41, 5.74) is 6.32. The summed E-state index contributed by atoms with van der Waals surface area (Å²) in [5.74, 6) is 7.20. The minimum atomic E-state index is -0.589. The van der Waals surface area contributed by atoms with Crippen LogP contribution in [0.25, 0.3) is 5.00 Å².